The number of allylic oxidation sites excluding steroid dienone is 2. The molecule has 0 heterocycles. The fourth-order valence-electron chi connectivity index (χ4n) is 4.56. The van der Waals surface area contributed by atoms with Crippen LogP contribution in [0.1, 0.15) is 48.1 Å². The third-order valence-corrected chi connectivity index (χ3v) is 6.30. The number of benzene rings is 3. The van der Waals surface area contributed by atoms with Gasteiger partial charge < -0.3 is 15.6 Å². The van der Waals surface area contributed by atoms with Gasteiger partial charge in [-0.05, 0) is 28.8 Å². The average Bonchev–Trinajstić information content (AvgIpc) is 3.23. The van der Waals surface area contributed by atoms with Gasteiger partial charge in [-0.25, -0.2) is 0 Å². The van der Waals surface area contributed by atoms with Crippen LogP contribution in [0.3, 0.4) is 0 Å². The zero-order valence-electron chi connectivity index (χ0n) is 17.1. The summed E-state index contributed by atoms with van der Waals surface area (Å²) in [5, 5.41) is 40.8. The summed E-state index contributed by atoms with van der Waals surface area (Å²) in [6.07, 6.45) is 0. The molecule has 2 N–H and O–H groups in total. The van der Waals surface area contributed by atoms with Gasteiger partial charge in [0.25, 0.3) is 0 Å². The van der Waals surface area contributed by atoms with Gasteiger partial charge in [-0.15, -0.1) is 5.23 Å². The van der Waals surface area contributed by atoms with Gasteiger partial charge in [0.2, 0.25) is 0 Å². The molecule has 34 heavy (non-hydrogen) atoms. The molecule has 0 fully saturated rings. The first-order chi connectivity index (χ1) is 16.2. The number of rotatable bonds is 3. The minimum Gasteiger partial charge on any atom is -0.769 e. The maximum atomic E-state index is 13.5. The predicted octanol–water partition coefficient (Wildman–Crippen LogP) is 4.54. The van der Waals surface area contributed by atoms with E-state index in [9.17, 15) is 35.2 Å². The second-order valence-electron chi connectivity index (χ2n) is 7.74. The van der Waals surface area contributed by atoms with Crippen molar-refractivity contribution in [2.75, 3.05) is 10.5 Å². The number of hydrogen-bond donors (Lipinski definition) is 2. The molecule has 0 amide bonds. The molecule has 0 saturated heterocycles. The minimum atomic E-state index is -1.34. The molecule has 5 rings (SSSR count). The summed E-state index contributed by atoms with van der Waals surface area (Å²) in [5.41, 5.74) is -0.411. The van der Waals surface area contributed by atoms with Gasteiger partial charge in [-0.3, -0.25) is 24.8 Å². The van der Waals surface area contributed by atoms with Crippen LogP contribution in [-0.2, 0) is 0 Å². The number of nitrogens with zero attached hydrogens (tertiary/aromatic N) is 2. The molecule has 3 aromatic carbocycles. The molecule has 0 saturated carbocycles. The van der Waals surface area contributed by atoms with Crippen molar-refractivity contribution in [3.05, 3.63) is 109 Å². The molecule has 3 aromatic rings. The average molecular weight is 477 g/mol. The molecular formula is C24H13ClN2O7-2. The lowest BCUT2D eigenvalue weighted by Crippen LogP contribution is -2.19. The van der Waals surface area contributed by atoms with Gasteiger partial charge in [0.15, 0.2) is 17.3 Å². The Hall–Kier alpha value is -3.86. The van der Waals surface area contributed by atoms with E-state index in [1.54, 1.807) is 30.3 Å². The molecule has 10 heteroatoms. The van der Waals surface area contributed by atoms with Crippen molar-refractivity contribution in [3.8, 4) is 0 Å². The van der Waals surface area contributed by atoms with Crippen molar-refractivity contribution >= 4 is 45.9 Å². The Kier molecular flexibility index (Phi) is 5.08. The summed E-state index contributed by atoms with van der Waals surface area (Å²) in [5.74, 6) is -3.00. The molecule has 9 nitrogen and oxygen atoms in total. The lowest BCUT2D eigenvalue weighted by molar-refractivity contribution is 0.0287. The maximum Gasteiger partial charge on any atom is 0.198 e. The summed E-state index contributed by atoms with van der Waals surface area (Å²) in [4.78, 5) is 40.1. The van der Waals surface area contributed by atoms with Crippen molar-refractivity contribution in [1.82, 2.24) is 0 Å². The molecule has 0 radical (unpaired) electrons. The van der Waals surface area contributed by atoms with Crippen LogP contribution < -0.4 is 10.5 Å². The quantitative estimate of drug-likeness (QED) is 0.316. The highest BCUT2D eigenvalue weighted by Gasteiger charge is 2.45. The molecule has 2 aliphatic carbocycles. The van der Waals surface area contributed by atoms with Crippen molar-refractivity contribution in [3.63, 3.8) is 0 Å². The highest BCUT2D eigenvalue weighted by Crippen LogP contribution is 2.50. The summed E-state index contributed by atoms with van der Waals surface area (Å²) in [7, 11) is 0. The van der Waals surface area contributed by atoms with Crippen LogP contribution in [0.2, 0.25) is 5.02 Å². The molecule has 0 spiro atoms. The molecule has 1 atom stereocenters. The van der Waals surface area contributed by atoms with Crippen LogP contribution in [0.25, 0.3) is 5.57 Å². The second-order valence-corrected chi connectivity index (χ2v) is 8.15. The summed E-state index contributed by atoms with van der Waals surface area (Å²) < 4.78 is 0. The number of ketones is 3. The molecular weight excluding hydrogens is 464 g/mol. The Balaban J connectivity index is 1.84. The van der Waals surface area contributed by atoms with Gasteiger partial charge in [-0.1, -0.05) is 60.1 Å². The maximum absolute atomic E-state index is 13.5. The number of Topliss-reactive ketones (excluding diaryl/α,β-unsaturated/α-hetero) is 3. The van der Waals surface area contributed by atoms with Crippen LogP contribution in [-0.4, -0.2) is 27.8 Å². The third-order valence-electron chi connectivity index (χ3n) is 5.99. The normalized spacial score (nSPS) is 16.7. The Morgan fingerprint density at radius 3 is 1.82 bits per heavy atom. The molecule has 0 bridgehead atoms. The third kappa shape index (κ3) is 3.07. The number of hydrogen-bond acceptors (Lipinski definition) is 9. The van der Waals surface area contributed by atoms with Gasteiger partial charge in [0.05, 0.1) is 16.5 Å². The van der Waals surface area contributed by atoms with Gasteiger partial charge >= 0.3 is 0 Å². The van der Waals surface area contributed by atoms with Gasteiger partial charge in [0, 0.05) is 22.4 Å². The number of carbonyl (C=O) groups excluding carboxylic acids is 3. The zero-order valence-corrected chi connectivity index (χ0v) is 17.8. The Morgan fingerprint density at radius 1 is 0.765 bits per heavy atom. The van der Waals surface area contributed by atoms with E-state index in [4.69, 9.17) is 11.6 Å². The Morgan fingerprint density at radius 2 is 1.29 bits per heavy atom. The van der Waals surface area contributed by atoms with Gasteiger partial charge in [0.1, 0.15) is 5.69 Å². The molecule has 0 aliphatic heterocycles. The second kappa shape index (κ2) is 7.87. The first-order valence-corrected chi connectivity index (χ1v) is 10.3. The van der Waals surface area contributed by atoms with Crippen LogP contribution in [0.5, 0.6) is 0 Å². The molecule has 170 valence electrons. The van der Waals surface area contributed by atoms with Crippen molar-refractivity contribution < 1.29 is 24.8 Å². The van der Waals surface area contributed by atoms with E-state index in [1.165, 1.54) is 18.2 Å². The molecule has 0 unspecified atom stereocenters. The largest absolute Gasteiger partial charge is 0.769 e. The van der Waals surface area contributed by atoms with Crippen molar-refractivity contribution in [2.45, 2.75) is 5.92 Å². The topological polar surface area (TPSA) is 144 Å². The van der Waals surface area contributed by atoms with Gasteiger partial charge in [-0.2, -0.15) is 0 Å². The summed E-state index contributed by atoms with van der Waals surface area (Å²) in [6, 6.07) is 14.5. The van der Waals surface area contributed by atoms with Crippen LogP contribution in [0.15, 0.2) is 66.2 Å². The van der Waals surface area contributed by atoms with Crippen molar-refractivity contribution in [1.29, 1.82) is 0 Å². The summed E-state index contributed by atoms with van der Waals surface area (Å²) in [6.45, 7) is 0. The fraction of sp³-hybridized carbons (Fsp3) is 0.0417. The number of halogens is 1. The minimum absolute atomic E-state index is 0.0832. The highest BCUT2D eigenvalue weighted by molar-refractivity contribution is 6.44. The Bertz CT molecular complexity index is 1410. The zero-order chi connectivity index (χ0) is 24.3. The van der Waals surface area contributed by atoms with Crippen LogP contribution >= 0.6 is 11.6 Å². The number of fused-ring (bicyclic) bond motifs is 2. The number of carbonyl (C=O) groups is 3. The van der Waals surface area contributed by atoms with E-state index in [0.717, 1.165) is 12.1 Å². The first-order valence-electron chi connectivity index (χ1n) is 9.94. The number of anilines is 2. The lowest BCUT2D eigenvalue weighted by Gasteiger charge is -2.39. The first kappa shape index (κ1) is 22.0. The fourth-order valence-corrected chi connectivity index (χ4v) is 4.80. The molecule has 0 aromatic heterocycles. The SMILES string of the molecule is O=C1C(=C2c3ccccc3C(=O)[C@@H]2c2cc(Cl)c(N([O-])[O-])cc2N(O)O)C(=O)c2ccccc21. The van der Waals surface area contributed by atoms with E-state index in [2.05, 4.69) is 0 Å². The molecule has 2 aliphatic rings. The highest BCUT2D eigenvalue weighted by atomic mass is 35.5. The standard InChI is InChI=1S/C24H13ClN2O7/c25-16-9-15(17(26(31)32)10-18(16)27(33)34)20-19(11-5-1-2-6-12(11)22(20)28)21-23(29)13-7-3-4-8-14(13)24(21)30/h1-10,20,31-32H/q-2/t20-/m1/s1. The smallest absolute Gasteiger partial charge is 0.198 e. The van der Waals surface area contributed by atoms with E-state index in [-0.39, 0.29) is 43.6 Å². The van der Waals surface area contributed by atoms with Crippen LogP contribution in [0, 0.1) is 10.4 Å². The van der Waals surface area contributed by atoms with Crippen LogP contribution in [0.4, 0.5) is 11.4 Å². The van der Waals surface area contributed by atoms with E-state index < -0.39 is 39.9 Å². The Labute approximate surface area is 196 Å². The van der Waals surface area contributed by atoms with E-state index in [1.807, 2.05) is 0 Å². The summed E-state index contributed by atoms with van der Waals surface area (Å²) >= 11 is 6.09. The van der Waals surface area contributed by atoms with Crippen molar-refractivity contribution in [2.24, 2.45) is 0 Å². The lowest BCUT2D eigenvalue weighted by atomic mass is 9.85. The predicted molar refractivity (Wildman–Crippen MR) is 122 cm³/mol. The van der Waals surface area contributed by atoms with E-state index in [0.29, 0.717) is 5.56 Å². The van der Waals surface area contributed by atoms with E-state index >= 15 is 0 Å². The monoisotopic (exact) mass is 476 g/mol.